The molecule has 0 spiro atoms. The molecule has 2 rings (SSSR count). The molecule has 70 valence electrons. The van der Waals surface area contributed by atoms with Gasteiger partial charge in [0.2, 0.25) is 0 Å². The molecule has 1 aliphatic carbocycles. The molecule has 0 aromatic carbocycles. The van der Waals surface area contributed by atoms with Gasteiger partial charge >= 0.3 is 0 Å². The number of anilines is 1. The molecule has 1 aliphatic rings. The highest BCUT2D eigenvalue weighted by Crippen LogP contribution is 2.24. The molecule has 4 heteroatoms. The summed E-state index contributed by atoms with van der Waals surface area (Å²) in [5, 5.41) is 3.04. The fourth-order valence-electron chi connectivity index (χ4n) is 1.64. The van der Waals surface area contributed by atoms with Crippen LogP contribution in [0.5, 0.6) is 0 Å². The summed E-state index contributed by atoms with van der Waals surface area (Å²) >= 11 is 0. The maximum absolute atomic E-state index is 13.2. The number of hydrogen-bond donors (Lipinski definition) is 1. The minimum Gasteiger partial charge on any atom is -0.363 e. The van der Waals surface area contributed by atoms with E-state index in [-0.39, 0.29) is 6.04 Å². The van der Waals surface area contributed by atoms with Crippen molar-refractivity contribution in [3.8, 4) is 0 Å². The summed E-state index contributed by atoms with van der Waals surface area (Å²) in [5.41, 5.74) is 0. The van der Waals surface area contributed by atoms with Crippen molar-refractivity contribution in [2.45, 2.75) is 31.5 Å². The van der Waals surface area contributed by atoms with E-state index in [1.807, 2.05) is 0 Å². The lowest BCUT2D eigenvalue weighted by atomic mass is 10.2. The van der Waals surface area contributed by atoms with Crippen LogP contribution >= 0.6 is 0 Å². The molecule has 0 amide bonds. The normalized spacial score (nSPS) is 27.5. The van der Waals surface area contributed by atoms with Crippen LogP contribution in [0.15, 0.2) is 18.6 Å². The third-order valence-corrected chi connectivity index (χ3v) is 2.33. The predicted molar refractivity (Wildman–Crippen MR) is 48.2 cm³/mol. The van der Waals surface area contributed by atoms with Crippen LogP contribution in [0, 0.1) is 0 Å². The smallest absolute Gasteiger partial charge is 0.144 e. The van der Waals surface area contributed by atoms with Crippen LogP contribution in [0.1, 0.15) is 19.3 Å². The second kappa shape index (κ2) is 3.68. The lowest BCUT2D eigenvalue weighted by Crippen LogP contribution is -2.25. The zero-order valence-corrected chi connectivity index (χ0v) is 7.28. The Morgan fingerprint density at radius 2 is 2.31 bits per heavy atom. The molecule has 0 aliphatic heterocycles. The molecule has 1 fully saturated rings. The molecule has 3 nitrogen and oxygen atoms in total. The van der Waals surface area contributed by atoms with Crippen molar-refractivity contribution in [2.75, 3.05) is 5.32 Å². The van der Waals surface area contributed by atoms with Gasteiger partial charge in [0.05, 0.1) is 12.2 Å². The first-order valence-electron chi connectivity index (χ1n) is 4.53. The lowest BCUT2D eigenvalue weighted by molar-refractivity contribution is 0.323. The number of rotatable bonds is 2. The van der Waals surface area contributed by atoms with E-state index in [9.17, 15) is 4.39 Å². The molecule has 0 unspecified atom stereocenters. The number of halogens is 1. The van der Waals surface area contributed by atoms with E-state index < -0.39 is 6.17 Å². The van der Waals surface area contributed by atoms with E-state index in [2.05, 4.69) is 15.3 Å². The summed E-state index contributed by atoms with van der Waals surface area (Å²) in [4.78, 5) is 7.94. The molecule has 0 bridgehead atoms. The van der Waals surface area contributed by atoms with Crippen LogP contribution in [0.3, 0.4) is 0 Å². The lowest BCUT2D eigenvalue weighted by Gasteiger charge is -2.14. The van der Waals surface area contributed by atoms with Gasteiger partial charge in [0.1, 0.15) is 12.0 Å². The van der Waals surface area contributed by atoms with Crippen molar-refractivity contribution in [1.82, 2.24) is 9.97 Å². The van der Waals surface area contributed by atoms with E-state index >= 15 is 0 Å². The molecule has 2 atom stereocenters. The van der Waals surface area contributed by atoms with E-state index in [0.29, 0.717) is 12.2 Å². The molecule has 0 saturated heterocycles. The van der Waals surface area contributed by atoms with Gasteiger partial charge in [-0.05, 0) is 19.3 Å². The quantitative estimate of drug-likeness (QED) is 0.755. The predicted octanol–water partition coefficient (Wildman–Crippen LogP) is 1.78. The SMILES string of the molecule is F[C@H]1CCC[C@H]1Nc1cnccn1. The van der Waals surface area contributed by atoms with Crippen molar-refractivity contribution < 1.29 is 4.39 Å². The summed E-state index contributed by atoms with van der Waals surface area (Å²) < 4.78 is 13.2. The van der Waals surface area contributed by atoms with Crippen LogP contribution in [0.4, 0.5) is 10.2 Å². The van der Waals surface area contributed by atoms with Gasteiger partial charge < -0.3 is 5.32 Å². The molecule has 0 radical (unpaired) electrons. The Bertz CT molecular complexity index is 265. The fourth-order valence-corrected chi connectivity index (χ4v) is 1.64. The fraction of sp³-hybridized carbons (Fsp3) is 0.556. The molecule has 1 heterocycles. The standard InChI is InChI=1S/C9H12FN3/c10-7-2-1-3-8(7)13-9-6-11-4-5-12-9/h4-8H,1-3H2,(H,12,13)/t7-,8+/m0/s1. The Labute approximate surface area is 76.4 Å². The maximum atomic E-state index is 13.2. The van der Waals surface area contributed by atoms with Gasteiger partial charge in [-0.15, -0.1) is 0 Å². The average Bonchev–Trinajstić information content (AvgIpc) is 2.54. The third kappa shape index (κ3) is 1.94. The summed E-state index contributed by atoms with van der Waals surface area (Å²) in [6, 6.07) is -0.0725. The van der Waals surface area contributed by atoms with Crippen LogP contribution in [0.2, 0.25) is 0 Å². The van der Waals surface area contributed by atoms with E-state index in [1.54, 1.807) is 18.6 Å². The van der Waals surface area contributed by atoms with Crippen LogP contribution in [-0.4, -0.2) is 22.2 Å². The highest BCUT2D eigenvalue weighted by Gasteiger charge is 2.26. The molecule has 1 aromatic heterocycles. The number of nitrogens with zero attached hydrogens (tertiary/aromatic N) is 2. The molecule has 13 heavy (non-hydrogen) atoms. The van der Waals surface area contributed by atoms with Crippen molar-refractivity contribution >= 4 is 5.82 Å². The molecule has 1 aromatic rings. The van der Waals surface area contributed by atoms with E-state index in [1.165, 1.54) is 0 Å². The highest BCUT2D eigenvalue weighted by atomic mass is 19.1. The zero-order chi connectivity index (χ0) is 9.10. The van der Waals surface area contributed by atoms with Crippen molar-refractivity contribution in [3.05, 3.63) is 18.6 Å². The molecular formula is C9H12FN3. The Morgan fingerprint density at radius 3 is 2.92 bits per heavy atom. The van der Waals surface area contributed by atoms with Gasteiger partial charge in [0.25, 0.3) is 0 Å². The highest BCUT2D eigenvalue weighted by molar-refractivity contribution is 5.32. The van der Waals surface area contributed by atoms with Gasteiger partial charge in [-0.2, -0.15) is 0 Å². The Kier molecular flexibility index (Phi) is 2.38. The Hall–Kier alpha value is -1.19. The first-order chi connectivity index (χ1) is 6.36. The number of hydrogen-bond acceptors (Lipinski definition) is 3. The van der Waals surface area contributed by atoms with Gasteiger partial charge in [0, 0.05) is 12.4 Å². The van der Waals surface area contributed by atoms with Crippen molar-refractivity contribution in [3.63, 3.8) is 0 Å². The number of nitrogens with one attached hydrogen (secondary N) is 1. The molecule has 1 N–H and O–H groups in total. The second-order valence-corrected chi connectivity index (χ2v) is 3.29. The van der Waals surface area contributed by atoms with Crippen LogP contribution in [-0.2, 0) is 0 Å². The Morgan fingerprint density at radius 1 is 1.38 bits per heavy atom. The van der Waals surface area contributed by atoms with Gasteiger partial charge in [-0.25, -0.2) is 9.37 Å². The topological polar surface area (TPSA) is 37.8 Å². The molecular weight excluding hydrogens is 169 g/mol. The van der Waals surface area contributed by atoms with Crippen LogP contribution < -0.4 is 5.32 Å². The summed E-state index contributed by atoms with van der Waals surface area (Å²) in [5.74, 6) is 0.664. The second-order valence-electron chi connectivity index (χ2n) is 3.29. The third-order valence-electron chi connectivity index (χ3n) is 2.33. The average molecular weight is 181 g/mol. The minimum absolute atomic E-state index is 0.0725. The van der Waals surface area contributed by atoms with E-state index in [0.717, 1.165) is 12.8 Å². The van der Waals surface area contributed by atoms with Crippen molar-refractivity contribution in [2.24, 2.45) is 0 Å². The van der Waals surface area contributed by atoms with Gasteiger partial charge in [-0.1, -0.05) is 0 Å². The summed E-state index contributed by atoms with van der Waals surface area (Å²) in [7, 11) is 0. The van der Waals surface area contributed by atoms with E-state index in [4.69, 9.17) is 0 Å². The Balaban J connectivity index is 1.98. The monoisotopic (exact) mass is 181 g/mol. The number of alkyl halides is 1. The summed E-state index contributed by atoms with van der Waals surface area (Å²) in [6.07, 6.45) is 6.60. The van der Waals surface area contributed by atoms with Gasteiger partial charge in [0.15, 0.2) is 0 Å². The summed E-state index contributed by atoms with van der Waals surface area (Å²) in [6.45, 7) is 0. The van der Waals surface area contributed by atoms with Crippen LogP contribution in [0.25, 0.3) is 0 Å². The number of aromatic nitrogens is 2. The first kappa shape index (κ1) is 8.41. The first-order valence-corrected chi connectivity index (χ1v) is 4.53. The minimum atomic E-state index is -0.734. The van der Waals surface area contributed by atoms with Gasteiger partial charge in [-0.3, -0.25) is 4.98 Å². The van der Waals surface area contributed by atoms with Crippen molar-refractivity contribution in [1.29, 1.82) is 0 Å². The largest absolute Gasteiger partial charge is 0.363 e. The maximum Gasteiger partial charge on any atom is 0.144 e. The zero-order valence-electron chi connectivity index (χ0n) is 7.28. The molecule has 1 saturated carbocycles.